The van der Waals surface area contributed by atoms with Crippen molar-refractivity contribution in [3.8, 4) is 11.5 Å². The number of methoxy groups -OCH3 is 2. The molecule has 0 saturated heterocycles. The van der Waals surface area contributed by atoms with Gasteiger partial charge in [-0.2, -0.15) is 0 Å². The highest BCUT2D eigenvalue weighted by Gasteiger charge is 2.31. The summed E-state index contributed by atoms with van der Waals surface area (Å²) >= 11 is 0. The predicted molar refractivity (Wildman–Crippen MR) is 96.2 cm³/mol. The summed E-state index contributed by atoms with van der Waals surface area (Å²) in [6.07, 6.45) is 5.89. The van der Waals surface area contributed by atoms with Crippen molar-refractivity contribution in [2.45, 2.75) is 0 Å². The molecule has 1 N–H and O–H groups in total. The Morgan fingerprint density at radius 2 is 1.64 bits per heavy atom. The number of fused-ring (bicyclic) bond motifs is 1. The van der Waals surface area contributed by atoms with Crippen molar-refractivity contribution < 1.29 is 38.4 Å². The summed E-state index contributed by atoms with van der Waals surface area (Å²) < 4.78 is 20.5. The summed E-state index contributed by atoms with van der Waals surface area (Å²) in [4.78, 5) is 37.8. The molecule has 2 heterocycles. The van der Waals surface area contributed by atoms with E-state index in [0.717, 1.165) is 7.11 Å². The first-order valence-electron chi connectivity index (χ1n) is 8.20. The van der Waals surface area contributed by atoms with E-state index in [-0.39, 0.29) is 28.3 Å². The summed E-state index contributed by atoms with van der Waals surface area (Å²) in [6.45, 7) is 0.585. The van der Waals surface area contributed by atoms with Crippen molar-refractivity contribution in [1.82, 2.24) is 0 Å². The fourth-order valence-corrected chi connectivity index (χ4v) is 2.80. The molecule has 0 amide bonds. The second-order valence-corrected chi connectivity index (χ2v) is 5.63. The van der Waals surface area contributed by atoms with Gasteiger partial charge in [0.05, 0.1) is 31.0 Å². The number of ether oxygens (including phenoxy) is 4. The molecule has 0 saturated carbocycles. The number of benzene rings is 1. The first-order valence-corrected chi connectivity index (χ1v) is 8.20. The molecule has 9 nitrogen and oxygen atoms in total. The van der Waals surface area contributed by atoms with Gasteiger partial charge in [0.25, 0.3) is 0 Å². The Labute approximate surface area is 160 Å². The molecule has 0 bridgehead atoms. The number of nitrogens with zero attached hydrogens (tertiary/aromatic N) is 1. The van der Waals surface area contributed by atoms with Gasteiger partial charge >= 0.3 is 17.9 Å². The van der Waals surface area contributed by atoms with Crippen LogP contribution in [-0.2, 0) is 19.1 Å². The van der Waals surface area contributed by atoms with Crippen LogP contribution in [0.3, 0.4) is 0 Å². The van der Waals surface area contributed by atoms with Crippen LogP contribution in [0.25, 0.3) is 0 Å². The molecular weight excluding hydrogens is 370 g/mol. The number of carbonyl (C=O) groups is 3. The second-order valence-electron chi connectivity index (χ2n) is 5.63. The van der Waals surface area contributed by atoms with Crippen LogP contribution in [0.1, 0.15) is 10.4 Å². The fraction of sp³-hybridized carbons (Fsp3) is 0.211. The lowest BCUT2D eigenvalue weighted by molar-refractivity contribution is -0.139. The Hall–Kier alpha value is -3.75. The second kappa shape index (κ2) is 7.87. The van der Waals surface area contributed by atoms with E-state index in [1.165, 1.54) is 42.5 Å². The van der Waals surface area contributed by atoms with Gasteiger partial charge in [-0.15, -0.1) is 0 Å². The maximum absolute atomic E-state index is 12.5. The Morgan fingerprint density at radius 1 is 1.00 bits per heavy atom. The van der Waals surface area contributed by atoms with Crippen molar-refractivity contribution >= 4 is 23.6 Å². The molecule has 146 valence electrons. The van der Waals surface area contributed by atoms with E-state index in [1.807, 2.05) is 0 Å². The lowest BCUT2D eigenvalue weighted by Gasteiger charge is -2.27. The Kier molecular flexibility index (Phi) is 5.35. The van der Waals surface area contributed by atoms with E-state index in [9.17, 15) is 19.5 Å². The molecule has 9 heteroatoms. The number of allylic oxidation sites excluding steroid dienone is 2. The number of anilines is 1. The number of aromatic carboxylic acids is 1. The van der Waals surface area contributed by atoms with Crippen LogP contribution < -0.4 is 14.4 Å². The van der Waals surface area contributed by atoms with Gasteiger partial charge in [0.1, 0.15) is 18.9 Å². The van der Waals surface area contributed by atoms with E-state index in [4.69, 9.17) is 18.9 Å². The third kappa shape index (κ3) is 3.41. The van der Waals surface area contributed by atoms with Crippen LogP contribution in [0.15, 0.2) is 47.8 Å². The summed E-state index contributed by atoms with van der Waals surface area (Å²) in [5.74, 6) is -2.27. The Morgan fingerprint density at radius 3 is 2.25 bits per heavy atom. The average Bonchev–Trinajstić information content (AvgIpc) is 2.94. The van der Waals surface area contributed by atoms with E-state index in [1.54, 1.807) is 6.08 Å². The number of hydrogen-bond acceptors (Lipinski definition) is 8. The third-order valence-electron chi connectivity index (χ3n) is 4.04. The fourth-order valence-electron chi connectivity index (χ4n) is 2.80. The standard InChI is InChI=1S/C19H17NO8/c1-25-18(23)11-5-3-4-6-20(16(11)19(24)26-2)13-10-15-14(27-7-8-28-15)9-12(13)17(21)22/h3-6,9-10H,7-8H2,1-2H3,(H,21,22). The monoisotopic (exact) mass is 387 g/mol. The molecule has 1 aromatic carbocycles. The van der Waals surface area contributed by atoms with Crippen molar-refractivity contribution in [3.05, 3.63) is 53.4 Å². The van der Waals surface area contributed by atoms with Gasteiger partial charge in [-0.05, 0) is 12.2 Å². The van der Waals surface area contributed by atoms with Gasteiger partial charge in [-0.1, -0.05) is 6.08 Å². The van der Waals surface area contributed by atoms with Crippen LogP contribution in [0, 0.1) is 0 Å². The predicted octanol–water partition coefficient (Wildman–Crippen LogP) is 1.65. The molecule has 0 aliphatic carbocycles. The van der Waals surface area contributed by atoms with Gasteiger partial charge in [0, 0.05) is 18.3 Å². The quantitative estimate of drug-likeness (QED) is 0.771. The first kappa shape index (κ1) is 19.0. The molecule has 0 fully saturated rings. The van der Waals surface area contributed by atoms with E-state index >= 15 is 0 Å². The van der Waals surface area contributed by atoms with Crippen molar-refractivity contribution in [2.24, 2.45) is 0 Å². The molecule has 0 atom stereocenters. The molecular formula is C19H17NO8. The number of rotatable bonds is 4. The highest BCUT2D eigenvalue weighted by Crippen LogP contribution is 2.39. The normalized spacial score (nSPS) is 15.1. The maximum atomic E-state index is 12.5. The number of esters is 2. The zero-order chi connectivity index (χ0) is 20.3. The van der Waals surface area contributed by atoms with Crippen LogP contribution in [0.2, 0.25) is 0 Å². The highest BCUT2D eigenvalue weighted by molar-refractivity contribution is 6.07. The number of carboxylic acid groups (broad SMARTS) is 1. The topological polar surface area (TPSA) is 112 Å². The molecule has 0 unspecified atom stereocenters. The van der Waals surface area contributed by atoms with Gasteiger partial charge < -0.3 is 29.0 Å². The van der Waals surface area contributed by atoms with Gasteiger partial charge in [-0.25, -0.2) is 14.4 Å². The minimum atomic E-state index is -1.25. The van der Waals surface area contributed by atoms with Crippen LogP contribution in [-0.4, -0.2) is 50.4 Å². The Bertz CT molecular complexity index is 928. The smallest absolute Gasteiger partial charge is 0.355 e. The van der Waals surface area contributed by atoms with Crippen LogP contribution in [0.4, 0.5) is 5.69 Å². The minimum absolute atomic E-state index is 0.0921. The zero-order valence-corrected chi connectivity index (χ0v) is 15.1. The summed E-state index contributed by atoms with van der Waals surface area (Å²) in [5.41, 5.74) is -0.343. The highest BCUT2D eigenvalue weighted by atomic mass is 16.6. The number of carboxylic acids is 1. The lowest BCUT2D eigenvalue weighted by atomic mass is 10.1. The van der Waals surface area contributed by atoms with E-state index < -0.39 is 17.9 Å². The SMILES string of the molecule is COC(=O)C1=C(C(=O)OC)N(c2cc3c(cc2C(=O)O)OCCO3)C=CC=C1. The molecule has 28 heavy (non-hydrogen) atoms. The average molecular weight is 387 g/mol. The Balaban J connectivity index is 2.26. The third-order valence-corrected chi connectivity index (χ3v) is 4.04. The number of carbonyl (C=O) groups excluding carboxylic acids is 2. The molecule has 0 radical (unpaired) electrons. The van der Waals surface area contributed by atoms with Gasteiger partial charge in [0.15, 0.2) is 11.5 Å². The summed E-state index contributed by atoms with van der Waals surface area (Å²) in [7, 11) is 2.33. The number of hydrogen-bond donors (Lipinski definition) is 1. The van der Waals surface area contributed by atoms with Gasteiger partial charge in [-0.3, -0.25) is 0 Å². The summed E-state index contributed by atoms with van der Waals surface area (Å²) in [6, 6.07) is 2.75. The lowest BCUT2D eigenvalue weighted by Crippen LogP contribution is -2.28. The van der Waals surface area contributed by atoms with Crippen molar-refractivity contribution in [3.63, 3.8) is 0 Å². The summed E-state index contributed by atoms with van der Waals surface area (Å²) in [5, 5.41) is 9.68. The minimum Gasteiger partial charge on any atom is -0.486 e. The zero-order valence-electron chi connectivity index (χ0n) is 15.1. The molecule has 1 aromatic rings. The van der Waals surface area contributed by atoms with Gasteiger partial charge in [0.2, 0.25) is 0 Å². The first-order chi connectivity index (χ1) is 13.5. The van der Waals surface area contributed by atoms with E-state index in [0.29, 0.717) is 19.0 Å². The molecule has 0 aromatic heterocycles. The van der Waals surface area contributed by atoms with Crippen LogP contribution in [0.5, 0.6) is 11.5 Å². The van der Waals surface area contributed by atoms with E-state index in [2.05, 4.69) is 0 Å². The largest absolute Gasteiger partial charge is 0.486 e. The molecule has 2 aliphatic rings. The van der Waals surface area contributed by atoms with Crippen LogP contribution >= 0.6 is 0 Å². The maximum Gasteiger partial charge on any atom is 0.355 e. The molecule has 0 spiro atoms. The van der Waals surface area contributed by atoms with Crippen molar-refractivity contribution in [2.75, 3.05) is 32.3 Å². The molecule has 3 rings (SSSR count). The molecule has 2 aliphatic heterocycles. The van der Waals surface area contributed by atoms with Crippen molar-refractivity contribution in [1.29, 1.82) is 0 Å².